The van der Waals surface area contributed by atoms with Gasteiger partial charge in [-0.1, -0.05) is 12.1 Å². The Morgan fingerprint density at radius 1 is 1.30 bits per heavy atom. The van der Waals surface area contributed by atoms with Crippen LogP contribution < -0.4 is 9.47 Å². The molecule has 1 heterocycles. The molecule has 0 saturated heterocycles. The lowest BCUT2D eigenvalue weighted by Gasteiger charge is -2.08. The quantitative estimate of drug-likeness (QED) is 0.489. The zero-order valence-electron chi connectivity index (χ0n) is 10.7. The van der Waals surface area contributed by atoms with Crippen molar-refractivity contribution >= 4 is 5.97 Å². The molecular formula is C14H12FNO4. The fourth-order valence-electron chi connectivity index (χ4n) is 1.54. The topological polar surface area (TPSA) is 62.5 Å². The number of esters is 1. The van der Waals surface area contributed by atoms with E-state index in [1.54, 1.807) is 13.0 Å². The molecule has 2 rings (SSSR count). The van der Waals surface area contributed by atoms with Crippen molar-refractivity contribution < 1.29 is 23.4 Å². The van der Waals surface area contributed by atoms with Crippen LogP contribution in [0, 0.1) is 11.0 Å². The van der Waals surface area contributed by atoms with Gasteiger partial charge in [0.25, 0.3) is 0 Å². The van der Waals surface area contributed by atoms with Gasteiger partial charge in [-0.25, -0.2) is 9.18 Å². The standard InChI is InChI=1S/C14H12FNO4/c1-2-19-14(17)12-8-7-10(9-16(12)18)20-13-6-4-3-5-11(13)15/h3-9H,2H2,1H3. The molecule has 0 aliphatic carbocycles. The fourth-order valence-corrected chi connectivity index (χ4v) is 1.54. The molecule has 6 heteroatoms. The van der Waals surface area contributed by atoms with Crippen molar-refractivity contribution in [3.63, 3.8) is 0 Å². The van der Waals surface area contributed by atoms with E-state index in [1.165, 1.54) is 30.3 Å². The van der Waals surface area contributed by atoms with Gasteiger partial charge >= 0.3 is 11.7 Å². The summed E-state index contributed by atoms with van der Waals surface area (Å²) in [5, 5.41) is 11.7. The second-order valence-electron chi connectivity index (χ2n) is 3.83. The van der Waals surface area contributed by atoms with Crippen LogP contribution in [0.25, 0.3) is 0 Å². The summed E-state index contributed by atoms with van der Waals surface area (Å²) in [7, 11) is 0. The number of rotatable bonds is 4. The van der Waals surface area contributed by atoms with Gasteiger partial charge in [-0.2, -0.15) is 4.73 Å². The van der Waals surface area contributed by atoms with E-state index in [2.05, 4.69) is 0 Å². The van der Waals surface area contributed by atoms with Crippen LogP contribution in [0.1, 0.15) is 17.4 Å². The molecule has 20 heavy (non-hydrogen) atoms. The van der Waals surface area contributed by atoms with E-state index in [0.29, 0.717) is 4.73 Å². The van der Waals surface area contributed by atoms with Crippen molar-refractivity contribution in [2.75, 3.05) is 6.61 Å². The number of carbonyl (C=O) groups is 1. The van der Waals surface area contributed by atoms with Crippen molar-refractivity contribution in [2.24, 2.45) is 0 Å². The summed E-state index contributed by atoms with van der Waals surface area (Å²) in [5.74, 6) is -1.14. The summed E-state index contributed by atoms with van der Waals surface area (Å²) in [6.07, 6.45) is 1.04. The van der Waals surface area contributed by atoms with E-state index >= 15 is 0 Å². The highest BCUT2D eigenvalue weighted by molar-refractivity contribution is 5.85. The van der Waals surface area contributed by atoms with Gasteiger partial charge in [0.2, 0.25) is 6.20 Å². The molecule has 1 aromatic carbocycles. The molecule has 0 spiro atoms. The summed E-state index contributed by atoms with van der Waals surface area (Å²) in [6, 6.07) is 8.47. The van der Waals surface area contributed by atoms with Crippen LogP contribution in [-0.2, 0) is 4.74 Å². The van der Waals surface area contributed by atoms with Crippen LogP contribution in [0.15, 0.2) is 42.6 Å². The van der Waals surface area contributed by atoms with E-state index < -0.39 is 11.8 Å². The van der Waals surface area contributed by atoms with Gasteiger partial charge in [-0.15, -0.1) is 0 Å². The largest absolute Gasteiger partial charge is 0.618 e. The Balaban J connectivity index is 2.21. The average molecular weight is 277 g/mol. The highest BCUT2D eigenvalue weighted by atomic mass is 19.1. The predicted octanol–water partition coefficient (Wildman–Crippen LogP) is 2.43. The first-order chi connectivity index (χ1) is 9.61. The Bertz CT molecular complexity index is 630. The molecule has 1 aromatic heterocycles. The van der Waals surface area contributed by atoms with Crippen molar-refractivity contribution in [3.8, 4) is 11.5 Å². The molecule has 0 aliphatic rings. The number of pyridine rings is 1. The summed E-state index contributed by atoms with van der Waals surface area (Å²) in [5.41, 5.74) is -0.160. The number of aromatic nitrogens is 1. The second-order valence-corrected chi connectivity index (χ2v) is 3.83. The summed E-state index contributed by atoms with van der Waals surface area (Å²) in [4.78, 5) is 11.4. The molecule has 5 nitrogen and oxygen atoms in total. The van der Waals surface area contributed by atoms with E-state index in [4.69, 9.17) is 9.47 Å². The molecule has 0 N–H and O–H groups in total. The number of nitrogens with zero attached hydrogens (tertiary/aromatic N) is 1. The van der Waals surface area contributed by atoms with Crippen LogP contribution >= 0.6 is 0 Å². The number of para-hydroxylation sites is 1. The lowest BCUT2D eigenvalue weighted by Crippen LogP contribution is -2.34. The minimum atomic E-state index is -0.722. The first-order valence-electron chi connectivity index (χ1n) is 5.94. The zero-order chi connectivity index (χ0) is 14.5. The maximum Gasteiger partial charge on any atom is 0.405 e. The molecule has 0 amide bonds. The number of benzene rings is 1. The Kier molecular flexibility index (Phi) is 4.14. The maximum absolute atomic E-state index is 13.4. The first kappa shape index (κ1) is 13.8. The zero-order valence-corrected chi connectivity index (χ0v) is 10.7. The molecule has 0 bridgehead atoms. The van der Waals surface area contributed by atoms with Crippen LogP contribution in [0.3, 0.4) is 0 Å². The fraction of sp³-hybridized carbons (Fsp3) is 0.143. The number of hydrogen-bond acceptors (Lipinski definition) is 4. The maximum atomic E-state index is 13.4. The van der Waals surface area contributed by atoms with Gasteiger partial charge in [0.1, 0.15) is 0 Å². The predicted molar refractivity (Wildman–Crippen MR) is 67.8 cm³/mol. The van der Waals surface area contributed by atoms with Crippen molar-refractivity contribution in [3.05, 3.63) is 59.3 Å². The Morgan fingerprint density at radius 3 is 2.70 bits per heavy atom. The monoisotopic (exact) mass is 277 g/mol. The molecule has 0 radical (unpaired) electrons. The SMILES string of the molecule is CCOC(=O)c1ccc(Oc2ccccc2F)c[n+]1[O-]. The molecule has 104 valence electrons. The van der Waals surface area contributed by atoms with E-state index in [1.807, 2.05) is 0 Å². The highest BCUT2D eigenvalue weighted by Gasteiger charge is 2.18. The van der Waals surface area contributed by atoms with Crippen LogP contribution in [0.5, 0.6) is 11.5 Å². The van der Waals surface area contributed by atoms with Gasteiger partial charge < -0.3 is 14.7 Å². The van der Waals surface area contributed by atoms with Crippen LogP contribution in [0.4, 0.5) is 4.39 Å². The van der Waals surface area contributed by atoms with Crippen molar-refractivity contribution in [1.82, 2.24) is 0 Å². The lowest BCUT2D eigenvalue weighted by atomic mass is 10.3. The molecule has 0 atom stereocenters. The third-order valence-corrected chi connectivity index (χ3v) is 2.44. The molecular weight excluding hydrogens is 265 g/mol. The van der Waals surface area contributed by atoms with Crippen LogP contribution in [0.2, 0.25) is 0 Å². The Labute approximate surface area is 114 Å². The molecule has 2 aromatic rings. The average Bonchev–Trinajstić information content (AvgIpc) is 2.42. The number of hydrogen-bond donors (Lipinski definition) is 0. The minimum Gasteiger partial charge on any atom is -0.618 e. The van der Waals surface area contributed by atoms with Crippen LogP contribution in [-0.4, -0.2) is 12.6 Å². The van der Waals surface area contributed by atoms with Gasteiger partial charge in [-0.05, 0) is 25.1 Å². The van der Waals surface area contributed by atoms with Gasteiger partial charge in [-0.3, -0.25) is 0 Å². The normalized spacial score (nSPS) is 10.1. The number of carbonyl (C=O) groups excluding carboxylic acids is 1. The lowest BCUT2D eigenvalue weighted by molar-refractivity contribution is -0.608. The smallest absolute Gasteiger partial charge is 0.405 e. The van der Waals surface area contributed by atoms with Gasteiger partial charge in [0.15, 0.2) is 17.3 Å². The molecule has 0 unspecified atom stereocenters. The molecule has 0 saturated carbocycles. The van der Waals surface area contributed by atoms with Gasteiger partial charge in [0.05, 0.1) is 6.61 Å². The van der Waals surface area contributed by atoms with Crippen molar-refractivity contribution in [1.29, 1.82) is 0 Å². The highest BCUT2D eigenvalue weighted by Crippen LogP contribution is 2.22. The Morgan fingerprint density at radius 2 is 2.05 bits per heavy atom. The second kappa shape index (κ2) is 6.01. The molecule has 0 aliphatic heterocycles. The Hall–Kier alpha value is -2.63. The van der Waals surface area contributed by atoms with E-state index in [0.717, 1.165) is 6.20 Å². The van der Waals surface area contributed by atoms with Crippen molar-refractivity contribution in [2.45, 2.75) is 6.92 Å². The summed E-state index contributed by atoms with van der Waals surface area (Å²) in [6.45, 7) is 1.81. The third kappa shape index (κ3) is 3.03. The third-order valence-electron chi connectivity index (χ3n) is 2.44. The van der Waals surface area contributed by atoms with E-state index in [-0.39, 0.29) is 23.8 Å². The van der Waals surface area contributed by atoms with Gasteiger partial charge in [0, 0.05) is 6.07 Å². The number of ether oxygens (including phenoxy) is 2. The first-order valence-corrected chi connectivity index (χ1v) is 5.94. The summed E-state index contributed by atoms with van der Waals surface area (Å²) >= 11 is 0. The minimum absolute atomic E-state index is 0.00335. The van der Waals surface area contributed by atoms with E-state index in [9.17, 15) is 14.4 Å². The number of halogens is 1. The summed E-state index contributed by atoms with van der Waals surface area (Å²) < 4.78 is 23.7. The molecule has 0 fully saturated rings.